The van der Waals surface area contributed by atoms with Gasteiger partial charge in [0.1, 0.15) is 23.4 Å². The lowest BCUT2D eigenvalue weighted by Crippen LogP contribution is -2.31. The first-order valence-corrected chi connectivity index (χ1v) is 15.0. The summed E-state index contributed by atoms with van der Waals surface area (Å²) in [6, 6.07) is 21.1. The van der Waals surface area contributed by atoms with Gasteiger partial charge in [-0.2, -0.15) is 4.98 Å². The van der Waals surface area contributed by atoms with Crippen molar-refractivity contribution in [3.8, 4) is 11.5 Å². The molecule has 0 radical (unpaired) electrons. The van der Waals surface area contributed by atoms with E-state index in [2.05, 4.69) is 22.5 Å². The number of carbonyl (C=O) groups is 1. The van der Waals surface area contributed by atoms with Gasteiger partial charge >= 0.3 is 0 Å². The van der Waals surface area contributed by atoms with Crippen molar-refractivity contribution in [1.82, 2.24) is 14.8 Å². The van der Waals surface area contributed by atoms with E-state index in [1.807, 2.05) is 62.4 Å². The molecule has 4 aromatic rings. The molecule has 42 heavy (non-hydrogen) atoms. The number of anilines is 2. The van der Waals surface area contributed by atoms with E-state index in [9.17, 15) is 9.18 Å². The molecular formula is C32H34FN5O3S. The molecule has 218 valence electrons. The van der Waals surface area contributed by atoms with Gasteiger partial charge in [0.25, 0.3) is 5.91 Å². The number of hydrogen-bond acceptors (Lipinski definition) is 7. The van der Waals surface area contributed by atoms with Crippen LogP contribution in [0.15, 0.2) is 89.2 Å². The minimum atomic E-state index is -0.592. The van der Waals surface area contributed by atoms with Gasteiger partial charge in [0.2, 0.25) is 11.1 Å². The summed E-state index contributed by atoms with van der Waals surface area (Å²) in [6.07, 6.45) is 1.97. The van der Waals surface area contributed by atoms with E-state index < -0.39 is 6.04 Å². The zero-order chi connectivity index (χ0) is 29.5. The van der Waals surface area contributed by atoms with Crippen molar-refractivity contribution in [1.29, 1.82) is 0 Å². The molecule has 0 aliphatic carbocycles. The molecule has 1 aliphatic heterocycles. The Morgan fingerprint density at radius 1 is 1.07 bits per heavy atom. The number of aromatic nitrogens is 3. The number of nitrogens with zero attached hydrogens (tertiary/aromatic N) is 3. The van der Waals surface area contributed by atoms with E-state index >= 15 is 0 Å². The van der Waals surface area contributed by atoms with Crippen LogP contribution >= 0.6 is 11.8 Å². The number of para-hydroxylation sites is 2. The summed E-state index contributed by atoms with van der Waals surface area (Å²) < 4.78 is 27.7. The third-order valence-corrected chi connectivity index (χ3v) is 7.65. The van der Waals surface area contributed by atoms with E-state index in [0.717, 1.165) is 24.2 Å². The summed E-state index contributed by atoms with van der Waals surface area (Å²) in [6.45, 7) is 6.94. The smallest absolute Gasteiger partial charge is 0.255 e. The van der Waals surface area contributed by atoms with Crippen molar-refractivity contribution in [3.05, 3.63) is 101 Å². The van der Waals surface area contributed by atoms with Crippen LogP contribution in [0, 0.1) is 5.82 Å². The molecule has 1 aliphatic rings. The molecule has 1 unspecified atom stereocenters. The SMILES string of the molecule is CCCCOc1cccc(C2C(C(=O)Nc3ccccc3OCC)=C(C)Nc3nc(SCc4ccccc4F)nn32)c1. The standard InChI is InChI=1S/C32H34FN5O3S/c1-4-6-18-41-24-14-11-13-22(19-24)29-28(30(39)35-26-16-9-10-17-27(26)40-5-2)21(3)34-31-36-32(37-38(29)31)42-20-23-12-7-8-15-25(23)33/h7-17,19,29H,4-6,18,20H2,1-3H3,(H,35,39)(H,34,36,37). The quantitative estimate of drug-likeness (QED) is 0.134. The van der Waals surface area contributed by atoms with Crippen LogP contribution in [0.2, 0.25) is 0 Å². The number of carbonyl (C=O) groups excluding carboxylic acids is 1. The van der Waals surface area contributed by atoms with Crippen molar-refractivity contribution < 1.29 is 18.7 Å². The van der Waals surface area contributed by atoms with Crippen molar-refractivity contribution in [2.24, 2.45) is 0 Å². The van der Waals surface area contributed by atoms with E-state index in [-0.39, 0.29) is 11.7 Å². The van der Waals surface area contributed by atoms with Crippen LogP contribution in [0.1, 0.15) is 50.8 Å². The van der Waals surface area contributed by atoms with Crippen molar-refractivity contribution in [3.63, 3.8) is 0 Å². The fraction of sp³-hybridized carbons (Fsp3) is 0.281. The maximum atomic E-state index is 14.3. The fourth-order valence-electron chi connectivity index (χ4n) is 4.70. The van der Waals surface area contributed by atoms with Crippen molar-refractivity contribution in [2.45, 2.75) is 50.6 Å². The zero-order valence-corrected chi connectivity index (χ0v) is 24.7. The lowest BCUT2D eigenvalue weighted by molar-refractivity contribution is -0.113. The van der Waals surface area contributed by atoms with E-state index in [4.69, 9.17) is 14.6 Å². The Morgan fingerprint density at radius 3 is 2.69 bits per heavy atom. The summed E-state index contributed by atoms with van der Waals surface area (Å²) in [7, 11) is 0. The van der Waals surface area contributed by atoms with Crippen LogP contribution < -0.4 is 20.1 Å². The van der Waals surface area contributed by atoms with Gasteiger partial charge in [-0.25, -0.2) is 9.07 Å². The highest BCUT2D eigenvalue weighted by Gasteiger charge is 2.35. The molecular weight excluding hydrogens is 553 g/mol. The minimum Gasteiger partial charge on any atom is -0.494 e. The Kier molecular flexibility index (Phi) is 9.43. The molecule has 0 saturated carbocycles. The maximum absolute atomic E-state index is 14.3. The Morgan fingerprint density at radius 2 is 1.88 bits per heavy atom. The maximum Gasteiger partial charge on any atom is 0.255 e. The molecule has 1 atom stereocenters. The third kappa shape index (κ3) is 6.60. The molecule has 0 spiro atoms. The van der Waals surface area contributed by atoms with Gasteiger partial charge < -0.3 is 20.1 Å². The summed E-state index contributed by atoms with van der Waals surface area (Å²) in [5, 5.41) is 11.6. The van der Waals surface area contributed by atoms with Crippen LogP contribution in [-0.4, -0.2) is 33.9 Å². The number of hydrogen-bond donors (Lipinski definition) is 2. The number of rotatable bonds is 12. The Bertz CT molecular complexity index is 1590. The van der Waals surface area contributed by atoms with E-state index in [1.165, 1.54) is 17.8 Å². The number of benzene rings is 3. The largest absolute Gasteiger partial charge is 0.494 e. The number of amides is 1. The highest BCUT2D eigenvalue weighted by atomic mass is 32.2. The monoisotopic (exact) mass is 587 g/mol. The summed E-state index contributed by atoms with van der Waals surface area (Å²) >= 11 is 1.33. The van der Waals surface area contributed by atoms with Crippen LogP contribution in [0.3, 0.4) is 0 Å². The van der Waals surface area contributed by atoms with Gasteiger partial charge in [0, 0.05) is 11.4 Å². The molecule has 1 amide bonds. The average Bonchev–Trinajstić information content (AvgIpc) is 3.39. The Hall–Kier alpha value is -4.31. The van der Waals surface area contributed by atoms with E-state index in [0.29, 0.717) is 58.3 Å². The van der Waals surface area contributed by atoms with Gasteiger partial charge in [0.15, 0.2) is 0 Å². The predicted octanol–water partition coefficient (Wildman–Crippen LogP) is 7.21. The highest BCUT2D eigenvalue weighted by molar-refractivity contribution is 7.98. The molecule has 1 aromatic heterocycles. The molecule has 5 rings (SSSR count). The van der Waals surface area contributed by atoms with Crippen LogP contribution in [0.5, 0.6) is 11.5 Å². The third-order valence-electron chi connectivity index (χ3n) is 6.77. The first-order chi connectivity index (χ1) is 20.5. The molecule has 2 heterocycles. The summed E-state index contributed by atoms with van der Waals surface area (Å²) in [5.74, 6) is 1.61. The Balaban J connectivity index is 1.50. The lowest BCUT2D eigenvalue weighted by atomic mass is 9.94. The highest BCUT2D eigenvalue weighted by Crippen LogP contribution is 2.38. The molecule has 2 N–H and O–H groups in total. The lowest BCUT2D eigenvalue weighted by Gasteiger charge is -2.29. The molecule has 10 heteroatoms. The normalized spacial score (nSPS) is 14.2. The Labute approximate surface area is 249 Å². The zero-order valence-electron chi connectivity index (χ0n) is 23.9. The number of unbranched alkanes of at least 4 members (excludes halogenated alkanes) is 1. The van der Waals surface area contributed by atoms with Gasteiger partial charge in [-0.05, 0) is 61.7 Å². The van der Waals surface area contributed by atoms with Gasteiger partial charge in [0.05, 0.1) is 24.5 Å². The van der Waals surface area contributed by atoms with Crippen molar-refractivity contribution >= 4 is 29.3 Å². The average molecular weight is 588 g/mol. The number of fused-ring (bicyclic) bond motifs is 1. The predicted molar refractivity (Wildman–Crippen MR) is 164 cm³/mol. The van der Waals surface area contributed by atoms with Gasteiger partial charge in [-0.1, -0.05) is 67.6 Å². The van der Waals surface area contributed by atoms with Crippen LogP contribution in [0.25, 0.3) is 0 Å². The molecule has 0 fully saturated rings. The summed E-state index contributed by atoms with van der Waals surface area (Å²) in [4.78, 5) is 18.7. The second-order valence-corrected chi connectivity index (χ2v) is 10.7. The second kappa shape index (κ2) is 13.6. The minimum absolute atomic E-state index is 0.270. The summed E-state index contributed by atoms with van der Waals surface area (Å²) in [5.41, 5.74) is 3.10. The number of halogens is 1. The van der Waals surface area contributed by atoms with Crippen LogP contribution in [0.4, 0.5) is 16.0 Å². The number of ether oxygens (including phenoxy) is 2. The number of allylic oxidation sites excluding steroid dienone is 1. The van der Waals surface area contributed by atoms with Gasteiger partial charge in [-0.15, -0.1) is 5.10 Å². The second-order valence-electron chi connectivity index (χ2n) is 9.77. The first-order valence-electron chi connectivity index (χ1n) is 14.0. The first kappa shape index (κ1) is 29.2. The molecule has 3 aromatic carbocycles. The molecule has 0 saturated heterocycles. The number of nitrogens with one attached hydrogen (secondary N) is 2. The van der Waals surface area contributed by atoms with E-state index in [1.54, 1.807) is 22.9 Å². The fourth-order valence-corrected chi connectivity index (χ4v) is 5.52. The topological polar surface area (TPSA) is 90.3 Å². The molecule has 0 bridgehead atoms. The molecule has 8 nitrogen and oxygen atoms in total. The van der Waals surface area contributed by atoms with Crippen LogP contribution in [-0.2, 0) is 10.5 Å². The van der Waals surface area contributed by atoms with Crippen molar-refractivity contribution in [2.75, 3.05) is 23.8 Å². The van der Waals surface area contributed by atoms with Gasteiger partial charge in [-0.3, -0.25) is 4.79 Å². The number of thioether (sulfide) groups is 1.